The van der Waals surface area contributed by atoms with Gasteiger partial charge in [0.05, 0.1) is 12.0 Å². The number of likely N-dealkylation sites (tertiary alicyclic amines) is 1. The van der Waals surface area contributed by atoms with Gasteiger partial charge in [0, 0.05) is 26.2 Å². The zero-order chi connectivity index (χ0) is 23.1. The van der Waals surface area contributed by atoms with Crippen molar-refractivity contribution in [2.24, 2.45) is 5.92 Å². The van der Waals surface area contributed by atoms with Crippen molar-refractivity contribution in [2.75, 3.05) is 33.7 Å². The summed E-state index contributed by atoms with van der Waals surface area (Å²) >= 11 is 0. The van der Waals surface area contributed by atoms with Crippen molar-refractivity contribution in [3.05, 3.63) is 71.0 Å². The molecule has 0 radical (unpaired) electrons. The number of nitrogens with one attached hydrogen (secondary N) is 2. The Morgan fingerprint density at radius 1 is 1.09 bits per heavy atom. The molecule has 3 amide bonds. The molecule has 1 heterocycles. The number of piperidine rings is 1. The molecule has 0 spiro atoms. The van der Waals surface area contributed by atoms with E-state index in [9.17, 15) is 14.0 Å². The highest BCUT2D eigenvalue weighted by atomic mass is 19.1. The van der Waals surface area contributed by atoms with Gasteiger partial charge in [0.15, 0.2) is 0 Å². The molecule has 2 aromatic carbocycles. The molecule has 6 nitrogen and oxygen atoms in total. The second-order valence-electron chi connectivity index (χ2n) is 8.69. The van der Waals surface area contributed by atoms with E-state index in [2.05, 4.69) is 10.6 Å². The normalized spacial score (nSPS) is 18.5. The monoisotopic (exact) mass is 440 g/mol. The molecule has 7 heteroatoms. The maximum absolute atomic E-state index is 13.8. The Kier molecular flexibility index (Phi) is 8.22. The maximum Gasteiger partial charge on any atom is 0.318 e. The van der Waals surface area contributed by atoms with Gasteiger partial charge in [0.25, 0.3) is 0 Å². The minimum Gasteiger partial charge on any atom is -0.355 e. The van der Waals surface area contributed by atoms with Gasteiger partial charge in [-0.05, 0) is 56.6 Å². The molecule has 1 saturated heterocycles. The van der Waals surface area contributed by atoms with E-state index in [1.165, 1.54) is 6.07 Å². The Balaban J connectivity index is 1.73. The standard InChI is InChI=1S/C25H33FN4O2/c1-18-15-20(9-11-22(18)26)23-12-10-21(24(31)27-13-14-29(2)3)17-30(23)25(32)28-16-19-7-5-4-6-8-19/h4-9,11,15,21,23H,10,12-14,16-17H2,1-3H3,(H,27,31)(H,28,32)/t21-,23-/m1/s1. The SMILES string of the molecule is Cc1cc([C@H]2CC[C@@H](C(=O)NCCN(C)C)CN2C(=O)NCc2ccccc2)ccc1F. The average molecular weight is 441 g/mol. The number of rotatable bonds is 7. The highest BCUT2D eigenvalue weighted by Crippen LogP contribution is 2.34. The van der Waals surface area contributed by atoms with Crippen LogP contribution in [0.5, 0.6) is 0 Å². The number of benzene rings is 2. The van der Waals surface area contributed by atoms with Crippen molar-refractivity contribution in [2.45, 2.75) is 32.4 Å². The molecule has 2 aromatic rings. The lowest BCUT2D eigenvalue weighted by atomic mass is 9.88. The summed E-state index contributed by atoms with van der Waals surface area (Å²) in [6.07, 6.45) is 1.33. The van der Waals surface area contributed by atoms with Gasteiger partial charge in [-0.15, -0.1) is 0 Å². The van der Waals surface area contributed by atoms with Crippen LogP contribution in [0.2, 0.25) is 0 Å². The molecule has 0 aliphatic carbocycles. The molecule has 0 bridgehead atoms. The number of amides is 3. The van der Waals surface area contributed by atoms with Gasteiger partial charge in [-0.3, -0.25) is 4.79 Å². The highest BCUT2D eigenvalue weighted by Gasteiger charge is 2.35. The molecule has 0 aromatic heterocycles. The van der Waals surface area contributed by atoms with Crippen molar-refractivity contribution in [3.8, 4) is 0 Å². The van der Waals surface area contributed by atoms with E-state index in [0.29, 0.717) is 38.0 Å². The van der Waals surface area contributed by atoms with Crippen LogP contribution in [-0.4, -0.2) is 55.5 Å². The van der Waals surface area contributed by atoms with Crippen molar-refractivity contribution in [1.82, 2.24) is 20.4 Å². The fourth-order valence-corrected chi connectivity index (χ4v) is 4.05. The highest BCUT2D eigenvalue weighted by molar-refractivity contribution is 5.81. The van der Waals surface area contributed by atoms with Crippen LogP contribution in [0, 0.1) is 18.7 Å². The molecule has 0 saturated carbocycles. The van der Waals surface area contributed by atoms with Crippen LogP contribution in [0.25, 0.3) is 0 Å². The van der Waals surface area contributed by atoms with Gasteiger partial charge in [0.1, 0.15) is 5.82 Å². The Morgan fingerprint density at radius 2 is 1.84 bits per heavy atom. The number of carbonyl (C=O) groups excluding carboxylic acids is 2. The zero-order valence-electron chi connectivity index (χ0n) is 19.1. The number of likely N-dealkylation sites (N-methyl/N-ethyl adjacent to an activating group) is 1. The summed E-state index contributed by atoms with van der Waals surface area (Å²) < 4.78 is 13.8. The first-order valence-electron chi connectivity index (χ1n) is 11.1. The molecular formula is C25H33FN4O2. The summed E-state index contributed by atoms with van der Waals surface area (Å²) in [4.78, 5) is 29.7. The Morgan fingerprint density at radius 3 is 2.53 bits per heavy atom. The van der Waals surface area contributed by atoms with Gasteiger partial charge in [-0.2, -0.15) is 0 Å². The smallest absolute Gasteiger partial charge is 0.318 e. The molecule has 32 heavy (non-hydrogen) atoms. The van der Waals surface area contributed by atoms with Crippen LogP contribution in [-0.2, 0) is 11.3 Å². The number of aryl methyl sites for hydroxylation is 1. The summed E-state index contributed by atoms with van der Waals surface area (Å²) in [5.41, 5.74) is 2.45. The first-order chi connectivity index (χ1) is 15.3. The molecule has 2 N–H and O–H groups in total. The molecule has 1 fully saturated rings. The number of carbonyl (C=O) groups is 2. The molecular weight excluding hydrogens is 407 g/mol. The third-order valence-electron chi connectivity index (χ3n) is 5.93. The van der Waals surface area contributed by atoms with Crippen LogP contribution >= 0.6 is 0 Å². The number of urea groups is 1. The first-order valence-corrected chi connectivity index (χ1v) is 11.1. The molecule has 0 unspecified atom stereocenters. The predicted molar refractivity (Wildman–Crippen MR) is 124 cm³/mol. The van der Waals surface area contributed by atoms with Crippen LogP contribution in [0.1, 0.15) is 35.6 Å². The zero-order valence-corrected chi connectivity index (χ0v) is 19.1. The van der Waals surface area contributed by atoms with Crippen molar-refractivity contribution in [1.29, 1.82) is 0 Å². The number of halogens is 1. The minimum atomic E-state index is -0.266. The van der Waals surface area contributed by atoms with Crippen LogP contribution in [0.15, 0.2) is 48.5 Å². The third kappa shape index (κ3) is 6.29. The average Bonchev–Trinajstić information content (AvgIpc) is 2.79. The van der Waals surface area contributed by atoms with E-state index in [0.717, 1.165) is 17.7 Å². The lowest BCUT2D eigenvalue weighted by molar-refractivity contribution is -0.126. The van der Waals surface area contributed by atoms with E-state index >= 15 is 0 Å². The molecule has 172 valence electrons. The van der Waals surface area contributed by atoms with Gasteiger partial charge >= 0.3 is 6.03 Å². The van der Waals surface area contributed by atoms with Crippen molar-refractivity contribution >= 4 is 11.9 Å². The lowest BCUT2D eigenvalue weighted by Gasteiger charge is -2.39. The number of hydrogen-bond acceptors (Lipinski definition) is 3. The Labute approximate surface area is 189 Å². The first kappa shape index (κ1) is 23.7. The third-order valence-corrected chi connectivity index (χ3v) is 5.93. The van der Waals surface area contributed by atoms with Crippen molar-refractivity contribution in [3.63, 3.8) is 0 Å². The predicted octanol–water partition coefficient (Wildman–Crippen LogP) is 3.47. The van der Waals surface area contributed by atoms with Crippen molar-refractivity contribution < 1.29 is 14.0 Å². The summed E-state index contributed by atoms with van der Waals surface area (Å²) in [6.45, 7) is 3.80. The van der Waals surface area contributed by atoms with Crippen LogP contribution < -0.4 is 10.6 Å². The topological polar surface area (TPSA) is 64.7 Å². The molecule has 2 atom stereocenters. The Hall–Kier alpha value is -2.93. The van der Waals surface area contributed by atoms with E-state index in [4.69, 9.17) is 0 Å². The van der Waals surface area contributed by atoms with Gasteiger partial charge in [0.2, 0.25) is 5.91 Å². The van der Waals surface area contributed by atoms with Gasteiger partial charge in [-0.1, -0.05) is 42.5 Å². The van der Waals surface area contributed by atoms with E-state index in [1.807, 2.05) is 49.3 Å². The van der Waals surface area contributed by atoms with Crippen LogP contribution in [0.4, 0.5) is 9.18 Å². The largest absolute Gasteiger partial charge is 0.355 e. The van der Waals surface area contributed by atoms with E-state index in [1.54, 1.807) is 24.0 Å². The van der Waals surface area contributed by atoms with Gasteiger partial charge in [-0.25, -0.2) is 9.18 Å². The Bertz CT molecular complexity index is 919. The van der Waals surface area contributed by atoms with E-state index < -0.39 is 0 Å². The minimum absolute atomic E-state index is 0.0264. The second kappa shape index (κ2) is 11.1. The summed E-state index contributed by atoms with van der Waals surface area (Å²) in [6, 6.07) is 14.3. The molecule has 1 aliphatic heterocycles. The second-order valence-corrected chi connectivity index (χ2v) is 8.69. The summed E-state index contributed by atoms with van der Waals surface area (Å²) in [7, 11) is 3.92. The van der Waals surface area contributed by atoms with Gasteiger partial charge < -0.3 is 20.4 Å². The van der Waals surface area contributed by atoms with Crippen LogP contribution in [0.3, 0.4) is 0 Å². The number of nitrogens with zero attached hydrogens (tertiary/aromatic N) is 2. The summed E-state index contributed by atoms with van der Waals surface area (Å²) in [5.74, 6) is -0.554. The van der Waals surface area contributed by atoms with E-state index in [-0.39, 0.29) is 29.7 Å². The summed E-state index contributed by atoms with van der Waals surface area (Å²) in [5, 5.41) is 5.97. The lowest BCUT2D eigenvalue weighted by Crippen LogP contribution is -2.50. The fourth-order valence-electron chi connectivity index (χ4n) is 4.05. The number of hydrogen-bond donors (Lipinski definition) is 2. The molecule has 3 rings (SSSR count). The fraction of sp³-hybridized carbons (Fsp3) is 0.440. The maximum atomic E-state index is 13.8. The quantitative estimate of drug-likeness (QED) is 0.693. The molecule has 1 aliphatic rings.